The Morgan fingerprint density at radius 2 is 1.82 bits per heavy atom. The number of fused-ring (bicyclic) bond motifs is 1. The number of nitrogens with zero attached hydrogens (tertiary/aromatic N) is 1. The van der Waals surface area contributed by atoms with Crippen LogP contribution in [-0.4, -0.2) is 28.3 Å². The first-order valence-electron chi connectivity index (χ1n) is 10.8. The largest absolute Gasteiger partial charge is 0.462 e. The summed E-state index contributed by atoms with van der Waals surface area (Å²) in [5.74, 6) is -0.749. The molecule has 2 aromatic carbocycles. The van der Waals surface area contributed by atoms with Crippen LogP contribution in [0.15, 0.2) is 53.3 Å². The fraction of sp³-hybridized carbons (Fsp3) is 0.280. The van der Waals surface area contributed by atoms with Gasteiger partial charge in [-0.1, -0.05) is 43.7 Å². The van der Waals surface area contributed by atoms with Gasteiger partial charge in [0.2, 0.25) is 5.91 Å². The van der Waals surface area contributed by atoms with Crippen molar-refractivity contribution >= 4 is 39.8 Å². The third kappa shape index (κ3) is 4.71. The Labute approximate surface area is 195 Å². The Kier molecular flexibility index (Phi) is 6.65. The van der Waals surface area contributed by atoms with Crippen LogP contribution < -0.4 is 10.9 Å². The van der Waals surface area contributed by atoms with Crippen LogP contribution in [0.5, 0.6) is 0 Å². The fourth-order valence-electron chi connectivity index (χ4n) is 3.93. The maximum atomic E-state index is 13.3. The number of esters is 1. The third-order valence-corrected chi connectivity index (χ3v) is 6.55. The fourth-order valence-corrected chi connectivity index (χ4v) is 4.77. The van der Waals surface area contributed by atoms with Gasteiger partial charge in [-0.2, -0.15) is 0 Å². The Morgan fingerprint density at radius 1 is 1.06 bits per heavy atom. The number of amides is 2. The maximum Gasteiger partial charge on any atom is 0.338 e. The Balaban J connectivity index is 1.73. The number of hydrogen-bond acceptors (Lipinski definition) is 6. The second kappa shape index (κ2) is 9.62. The average molecular weight is 465 g/mol. The van der Waals surface area contributed by atoms with E-state index in [0.717, 1.165) is 40.3 Å². The number of carbonyl (C=O) groups excluding carboxylic acids is 3. The molecule has 8 heteroatoms. The molecule has 1 unspecified atom stereocenters. The van der Waals surface area contributed by atoms with Crippen molar-refractivity contribution < 1.29 is 19.1 Å². The van der Waals surface area contributed by atoms with Crippen molar-refractivity contribution in [3.8, 4) is 0 Å². The second-order valence-corrected chi connectivity index (χ2v) is 8.90. The highest BCUT2D eigenvalue weighted by molar-refractivity contribution is 8.15. The van der Waals surface area contributed by atoms with Crippen molar-refractivity contribution in [2.75, 3.05) is 6.61 Å². The number of rotatable bonds is 7. The molecule has 7 nitrogen and oxygen atoms in total. The van der Waals surface area contributed by atoms with Gasteiger partial charge in [0, 0.05) is 5.56 Å². The van der Waals surface area contributed by atoms with E-state index in [1.807, 2.05) is 31.2 Å². The maximum absolute atomic E-state index is 13.3. The summed E-state index contributed by atoms with van der Waals surface area (Å²) in [5.41, 5.74) is 3.28. The number of nitrogens with one attached hydrogen (secondary N) is 1. The normalized spacial score (nSPS) is 15.6. The number of imide groups is 1. The first-order chi connectivity index (χ1) is 15.9. The monoisotopic (exact) mass is 464 g/mol. The topological polar surface area (TPSA) is 94.5 Å². The van der Waals surface area contributed by atoms with Crippen molar-refractivity contribution in [2.24, 2.45) is 0 Å². The summed E-state index contributed by atoms with van der Waals surface area (Å²) in [4.78, 5) is 49.0. The average Bonchev–Trinajstić information content (AvgIpc) is 3.15. The number of carbonyl (C=O) groups is 3. The van der Waals surface area contributed by atoms with Crippen molar-refractivity contribution in [2.45, 2.75) is 38.5 Å². The molecule has 4 rings (SSSR count). The predicted octanol–water partition coefficient (Wildman–Crippen LogP) is 4.20. The van der Waals surface area contributed by atoms with E-state index in [2.05, 4.69) is 5.32 Å². The van der Waals surface area contributed by atoms with E-state index >= 15 is 0 Å². The highest BCUT2D eigenvalue weighted by Crippen LogP contribution is 2.34. The van der Waals surface area contributed by atoms with Crippen LogP contribution in [-0.2, 0) is 22.5 Å². The molecule has 1 saturated heterocycles. The molecule has 0 bridgehead atoms. The molecular formula is C25H24N2O5S. The van der Waals surface area contributed by atoms with Gasteiger partial charge in [0.15, 0.2) is 0 Å². The van der Waals surface area contributed by atoms with Crippen LogP contribution in [0.25, 0.3) is 10.9 Å². The van der Waals surface area contributed by atoms with E-state index in [1.165, 1.54) is 0 Å². The molecule has 2 amide bonds. The van der Waals surface area contributed by atoms with E-state index < -0.39 is 11.2 Å². The molecule has 33 heavy (non-hydrogen) atoms. The molecule has 0 spiro atoms. The molecule has 1 atom stereocenters. The first kappa shape index (κ1) is 22.8. The minimum Gasteiger partial charge on any atom is -0.462 e. The summed E-state index contributed by atoms with van der Waals surface area (Å²) in [6.07, 6.45) is 1.51. The molecule has 0 aliphatic carbocycles. The molecule has 1 fully saturated rings. The molecule has 2 heterocycles. The van der Waals surface area contributed by atoms with Crippen LogP contribution in [0.3, 0.4) is 0 Å². The second-order valence-electron chi connectivity index (χ2n) is 7.82. The quantitative estimate of drug-likeness (QED) is 0.527. The van der Waals surface area contributed by atoms with Crippen LogP contribution in [0.4, 0.5) is 4.79 Å². The molecular weight excluding hydrogens is 440 g/mol. The lowest BCUT2D eigenvalue weighted by atomic mass is 10.0. The summed E-state index contributed by atoms with van der Waals surface area (Å²) in [7, 11) is 0. The Bertz CT molecular complexity index is 1300. The van der Waals surface area contributed by atoms with Crippen molar-refractivity contribution in [3.05, 3.63) is 81.1 Å². The Morgan fingerprint density at radius 3 is 2.45 bits per heavy atom. The van der Waals surface area contributed by atoms with Crippen molar-refractivity contribution in [1.82, 2.24) is 9.88 Å². The van der Waals surface area contributed by atoms with Gasteiger partial charge in [-0.25, -0.2) is 4.79 Å². The van der Waals surface area contributed by atoms with Crippen LogP contribution >= 0.6 is 11.8 Å². The number of thioether (sulfide) groups is 1. The molecule has 1 aliphatic rings. The molecule has 1 N–H and O–H groups in total. The lowest BCUT2D eigenvalue weighted by molar-refractivity contribution is -0.119. The lowest BCUT2D eigenvalue weighted by Gasteiger charge is -2.15. The van der Waals surface area contributed by atoms with E-state index in [1.54, 1.807) is 35.8 Å². The summed E-state index contributed by atoms with van der Waals surface area (Å²) in [5, 5.41) is 2.26. The number of ether oxygens (including phenoxy) is 1. The highest BCUT2D eigenvalue weighted by atomic mass is 32.2. The third-order valence-electron chi connectivity index (χ3n) is 5.51. The smallest absolute Gasteiger partial charge is 0.338 e. The first-order valence-corrected chi connectivity index (χ1v) is 11.7. The zero-order valence-corrected chi connectivity index (χ0v) is 19.2. The summed E-state index contributed by atoms with van der Waals surface area (Å²) < 4.78 is 6.80. The van der Waals surface area contributed by atoms with E-state index in [-0.39, 0.29) is 23.3 Å². The molecule has 170 valence electrons. The van der Waals surface area contributed by atoms with Gasteiger partial charge in [0.1, 0.15) is 5.25 Å². The lowest BCUT2D eigenvalue weighted by Crippen LogP contribution is -2.25. The molecule has 1 aromatic heterocycles. The summed E-state index contributed by atoms with van der Waals surface area (Å²) in [6, 6.07) is 14.5. The minimum atomic E-state index is -0.560. The van der Waals surface area contributed by atoms with E-state index in [0.29, 0.717) is 24.0 Å². The number of pyridine rings is 1. The summed E-state index contributed by atoms with van der Waals surface area (Å²) in [6.45, 7) is 4.36. The minimum absolute atomic E-state index is 0.0919. The standard InChI is InChI=1S/C25H24N2O5S/c1-3-5-18-12-17-10-11-19(24(30)32-4-2)13-20(17)27(23(18)29)14-15-6-8-16(9-7-15)21-22(28)26-25(31)33-21/h6-13,21H,3-5,14H2,1-2H3,(H,26,28,31). The zero-order valence-electron chi connectivity index (χ0n) is 18.4. The number of aryl methyl sites for hydroxylation is 1. The molecule has 3 aromatic rings. The Hall–Kier alpha value is -3.39. The van der Waals surface area contributed by atoms with Crippen molar-refractivity contribution in [1.29, 1.82) is 0 Å². The summed E-state index contributed by atoms with van der Waals surface area (Å²) >= 11 is 0.958. The van der Waals surface area contributed by atoms with Gasteiger partial charge < -0.3 is 9.30 Å². The van der Waals surface area contributed by atoms with Gasteiger partial charge >= 0.3 is 5.97 Å². The molecule has 1 aliphatic heterocycles. The van der Waals surface area contributed by atoms with Gasteiger partial charge in [-0.15, -0.1) is 0 Å². The van der Waals surface area contributed by atoms with E-state index in [4.69, 9.17) is 4.74 Å². The predicted molar refractivity (Wildman–Crippen MR) is 128 cm³/mol. The van der Waals surface area contributed by atoms with Gasteiger partial charge in [0.05, 0.1) is 24.2 Å². The number of benzene rings is 2. The highest BCUT2D eigenvalue weighted by Gasteiger charge is 2.32. The number of aromatic nitrogens is 1. The van der Waals surface area contributed by atoms with Crippen molar-refractivity contribution in [3.63, 3.8) is 0 Å². The van der Waals surface area contributed by atoms with Gasteiger partial charge in [-0.3, -0.25) is 19.7 Å². The van der Waals surface area contributed by atoms with Crippen LogP contribution in [0, 0.1) is 0 Å². The van der Waals surface area contributed by atoms with Gasteiger partial charge in [0.25, 0.3) is 10.8 Å². The van der Waals surface area contributed by atoms with Gasteiger partial charge in [-0.05, 0) is 59.8 Å². The molecule has 0 radical (unpaired) electrons. The van der Waals surface area contributed by atoms with E-state index in [9.17, 15) is 19.2 Å². The number of hydrogen-bond donors (Lipinski definition) is 1. The zero-order chi connectivity index (χ0) is 23.5. The molecule has 0 saturated carbocycles. The van der Waals surface area contributed by atoms with Crippen LogP contribution in [0.2, 0.25) is 0 Å². The SMILES string of the molecule is CCCc1cc2ccc(C(=O)OCC)cc2n(Cc2ccc(C3SC(=O)NC3=O)cc2)c1=O. The van der Waals surface area contributed by atoms with Crippen LogP contribution in [0.1, 0.15) is 52.6 Å².